The number of rotatable bonds is 4. The molecule has 2 bridgehead atoms. The Balaban J connectivity index is 1.24. The van der Waals surface area contributed by atoms with E-state index in [1.807, 2.05) is 15.5 Å². The summed E-state index contributed by atoms with van der Waals surface area (Å²) in [7, 11) is 0. The number of carbonyl (C=O) groups is 2. The van der Waals surface area contributed by atoms with Crippen LogP contribution in [0, 0.1) is 11.7 Å². The number of piperidine rings is 1. The van der Waals surface area contributed by atoms with Crippen LogP contribution in [0.3, 0.4) is 0 Å². The average molecular weight is 484 g/mol. The first-order valence-corrected chi connectivity index (χ1v) is 12.1. The maximum Gasteiger partial charge on any atom is 0.266 e. The third kappa shape index (κ3) is 4.27. The number of nitrogens with zero attached hydrogens (tertiary/aromatic N) is 3. The fourth-order valence-electron chi connectivity index (χ4n) is 4.89. The van der Waals surface area contributed by atoms with Gasteiger partial charge in [-0.25, -0.2) is 4.39 Å². The van der Waals surface area contributed by atoms with Gasteiger partial charge in [0.15, 0.2) is 0 Å². The Hall–Kier alpha value is -2.78. The molecule has 1 unspecified atom stereocenters. The molecule has 2 aromatic rings. The maximum atomic E-state index is 14.0. The molecule has 2 atom stereocenters. The largest absolute Gasteiger partial charge is 0.342 e. The van der Waals surface area contributed by atoms with E-state index < -0.39 is 5.82 Å². The number of thiocarbonyl (C=S) groups is 1. The molecule has 3 aliphatic heterocycles. The predicted octanol–water partition coefficient (Wildman–Crippen LogP) is 3.22. The van der Waals surface area contributed by atoms with Gasteiger partial charge in [-0.2, -0.15) is 0 Å². The molecule has 170 valence electrons. The molecule has 1 aromatic heterocycles. The first-order chi connectivity index (χ1) is 15.9. The van der Waals surface area contributed by atoms with Crippen LogP contribution in [0.1, 0.15) is 30.0 Å². The second-order valence-corrected chi connectivity index (χ2v) is 10.3. The highest BCUT2D eigenvalue weighted by Crippen LogP contribution is 2.36. The zero-order valence-electron chi connectivity index (χ0n) is 17.8. The second-order valence-electron chi connectivity index (χ2n) is 8.60. The van der Waals surface area contributed by atoms with E-state index in [1.54, 1.807) is 30.3 Å². The van der Waals surface area contributed by atoms with Crippen LogP contribution in [0.25, 0.3) is 6.08 Å². The maximum absolute atomic E-state index is 14.0. The zero-order chi connectivity index (χ0) is 23.1. The second kappa shape index (κ2) is 8.87. The van der Waals surface area contributed by atoms with Crippen LogP contribution in [-0.4, -0.2) is 50.1 Å². The summed E-state index contributed by atoms with van der Waals surface area (Å²) in [6.45, 7) is 2.01. The van der Waals surface area contributed by atoms with Crippen LogP contribution in [0.15, 0.2) is 52.2 Å². The summed E-state index contributed by atoms with van der Waals surface area (Å²) in [6, 6.07) is 11.6. The molecule has 6 nitrogen and oxygen atoms in total. The molecule has 9 heteroatoms. The van der Waals surface area contributed by atoms with Gasteiger partial charge in [-0.1, -0.05) is 48.2 Å². The van der Waals surface area contributed by atoms with Crippen LogP contribution in [0.4, 0.5) is 4.39 Å². The van der Waals surface area contributed by atoms with Crippen molar-refractivity contribution in [3.05, 3.63) is 74.8 Å². The lowest BCUT2D eigenvalue weighted by Gasteiger charge is -2.42. The first kappa shape index (κ1) is 22.0. The van der Waals surface area contributed by atoms with E-state index in [2.05, 4.69) is 0 Å². The Kier molecular flexibility index (Phi) is 5.92. The lowest BCUT2D eigenvalue weighted by molar-refractivity contribution is -0.134. The predicted molar refractivity (Wildman–Crippen MR) is 129 cm³/mol. The van der Waals surface area contributed by atoms with E-state index in [0.29, 0.717) is 34.4 Å². The molecule has 0 aliphatic carbocycles. The minimum absolute atomic E-state index is 0.0137. The van der Waals surface area contributed by atoms with Gasteiger partial charge in [-0.3, -0.25) is 19.3 Å². The minimum atomic E-state index is -0.405. The number of carbonyl (C=O) groups excluding carboxylic acids is 2. The van der Waals surface area contributed by atoms with E-state index in [9.17, 15) is 18.8 Å². The lowest BCUT2D eigenvalue weighted by atomic mass is 9.83. The molecule has 0 radical (unpaired) electrons. The summed E-state index contributed by atoms with van der Waals surface area (Å²) < 4.78 is 16.2. The van der Waals surface area contributed by atoms with Crippen molar-refractivity contribution in [1.82, 2.24) is 14.4 Å². The Morgan fingerprint density at radius 2 is 1.94 bits per heavy atom. The van der Waals surface area contributed by atoms with Crippen molar-refractivity contribution in [1.29, 1.82) is 0 Å². The van der Waals surface area contributed by atoms with E-state index in [-0.39, 0.29) is 42.2 Å². The van der Waals surface area contributed by atoms with Crippen LogP contribution in [0.2, 0.25) is 0 Å². The van der Waals surface area contributed by atoms with Gasteiger partial charge < -0.3 is 9.47 Å². The molecule has 0 N–H and O–H groups in total. The Bertz CT molecular complexity index is 1240. The smallest absolute Gasteiger partial charge is 0.266 e. The molecular weight excluding hydrogens is 461 g/mol. The molecule has 0 saturated carbocycles. The van der Waals surface area contributed by atoms with Gasteiger partial charge in [0.2, 0.25) is 5.91 Å². The van der Waals surface area contributed by atoms with Crippen LogP contribution < -0.4 is 5.56 Å². The third-order valence-electron chi connectivity index (χ3n) is 6.45. The summed E-state index contributed by atoms with van der Waals surface area (Å²) in [6.07, 6.45) is 2.64. The normalized spacial score (nSPS) is 23.2. The summed E-state index contributed by atoms with van der Waals surface area (Å²) in [5.41, 5.74) is 1.33. The molecule has 0 spiro atoms. The van der Waals surface area contributed by atoms with Crippen molar-refractivity contribution < 1.29 is 14.0 Å². The van der Waals surface area contributed by atoms with Gasteiger partial charge in [0, 0.05) is 55.8 Å². The van der Waals surface area contributed by atoms with Crippen molar-refractivity contribution in [2.75, 3.05) is 19.6 Å². The summed E-state index contributed by atoms with van der Waals surface area (Å²) >= 11 is 6.47. The number of likely N-dealkylation sites (tertiary alicyclic amines) is 1. The van der Waals surface area contributed by atoms with Crippen LogP contribution >= 0.6 is 24.0 Å². The van der Waals surface area contributed by atoms with Crippen molar-refractivity contribution in [3.8, 4) is 0 Å². The highest BCUT2D eigenvalue weighted by molar-refractivity contribution is 8.26. The molecule has 2 amide bonds. The fraction of sp³-hybridized carbons (Fsp3) is 0.333. The fourth-order valence-corrected chi connectivity index (χ4v) is 6.19. The van der Waals surface area contributed by atoms with Crippen molar-refractivity contribution in [2.24, 2.45) is 5.92 Å². The highest BCUT2D eigenvalue weighted by Gasteiger charge is 2.37. The minimum Gasteiger partial charge on any atom is -0.342 e. The van der Waals surface area contributed by atoms with E-state index in [0.717, 1.165) is 23.9 Å². The van der Waals surface area contributed by atoms with Crippen molar-refractivity contribution >= 4 is 46.2 Å². The highest BCUT2D eigenvalue weighted by atomic mass is 32.2. The molecule has 4 heterocycles. The molecule has 5 rings (SSSR count). The van der Waals surface area contributed by atoms with Gasteiger partial charge >= 0.3 is 0 Å². The van der Waals surface area contributed by atoms with Gasteiger partial charge in [0.1, 0.15) is 10.1 Å². The standard InChI is InChI=1S/C24H22FN3O3S2/c25-18-5-2-1-4-16(18)11-20-23(31)27(24(32)33-20)9-8-21(29)26-12-15-10-17(14-26)19-6-3-7-22(30)28(19)13-15/h1-7,11,15,17H,8-10,12-14H2/b20-11+/t15-,17?/m1/s1. The number of halogens is 1. The SMILES string of the molecule is O=C(CCN1C(=O)/C(=C\c2ccccc2F)SC1=S)N1CC2C[C@H](C1)Cn1c2cccc1=O. The Labute approximate surface area is 200 Å². The number of aromatic nitrogens is 1. The topological polar surface area (TPSA) is 62.6 Å². The van der Waals surface area contributed by atoms with Crippen LogP contribution in [0.5, 0.6) is 0 Å². The molecule has 33 heavy (non-hydrogen) atoms. The Morgan fingerprint density at radius 3 is 2.76 bits per heavy atom. The molecule has 3 aliphatic rings. The van der Waals surface area contributed by atoms with E-state index >= 15 is 0 Å². The Morgan fingerprint density at radius 1 is 1.12 bits per heavy atom. The lowest BCUT2D eigenvalue weighted by Crippen LogP contribution is -2.49. The number of hydrogen-bond donors (Lipinski definition) is 0. The van der Waals surface area contributed by atoms with Gasteiger partial charge in [0.25, 0.3) is 11.5 Å². The zero-order valence-corrected chi connectivity index (χ0v) is 19.4. The number of thioether (sulfide) groups is 1. The summed E-state index contributed by atoms with van der Waals surface area (Å²) in [5.74, 6) is -0.331. The molecule has 2 fully saturated rings. The summed E-state index contributed by atoms with van der Waals surface area (Å²) in [5, 5.41) is 0. The molecule has 2 saturated heterocycles. The number of benzene rings is 1. The molecule has 1 aromatic carbocycles. The number of fused-ring (bicyclic) bond motifs is 4. The molecular formula is C24H22FN3O3S2. The van der Waals surface area contributed by atoms with Gasteiger partial charge in [-0.15, -0.1) is 0 Å². The van der Waals surface area contributed by atoms with Crippen LogP contribution in [-0.2, 0) is 16.1 Å². The quantitative estimate of drug-likeness (QED) is 0.494. The van der Waals surface area contributed by atoms with Crippen molar-refractivity contribution in [2.45, 2.75) is 25.3 Å². The van der Waals surface area contributed by atoms with E-state index in [4.69, 9.17) is 12.2 Å². The monoisotopic (exact) mass is 483 g/mol. The van der Waals surface area contributed by atoms with Gasteiger partial charge in [0.05, 0.1) is 4.91 Å². The third-order valence-corrected chi connectivity index (χ3v) is 7.82. The number of amides is 2. The van der Waals surface area contributed by atoms with Crippen molar-refractivity contribution in [3.63, 3.8) is 0 Å². The summed E-state index contributed by atoms with van der Waals surface area (Å²) in [4.78, 5) is 41.6. The van der Waals surface area contributed by atoms with Gasteiger partial charge in [-0.05, 0) is 30.5 Å². The van der Waals surface area contributed by atoms with E-state index in [1.165, 1.54) is 17.0 Å². The number of pyridine rings is 1. The first-order valence-electron chi connectivity index (χ1n) is 10.9. The average Bonchev–Trinajstić information content (AvgIpc) is 3.06. The number of hydrogen-bond acceptors (Lipinski definition) is 5.